The largest absolute Gasteiger partial charge is 0.456 e. The molecule has 0 aliphatic rings. The smallest absolute Gasteiger partial charge is 0.233 e. The number of pyridine rings is 1. The second-order valence-electron chi connectivity index (χ2n) is 5.91. The Balaban J connectivity index is 1.59. The second kappa shape index (κ2) is 7.73. The highest BCUT2D eigenvalue weighted by Gasteiger charge is 2.12. The number of nitrogens with zero attached hydrogens (tertiary/aromatic N) is 4. The van der Waals surface area contributed by atoms with E-state index in [-0.39, 0.29) is 24.2 Å². The van der Waals surface area contributed by atoms with Crippen LogP contribution >= 0.6 is 0 Å². The molecular formula is C18H18FN5O2. The predicted molar refractivity (Wildman–Crippen MR) is 93.5 cm³/mol. The molecule has 0 aliphatic carbocycles. The van der Waals surface area contributed by atoms with E-state index in [1.165, 1.54) is 30.5 Å². The molecule has 8 heteroatoms. The number of carbonyl (C=O) groups is 1. The first-order valence-corrected chi connectivity index (χ1v) is 8.09. The van der Waals surface area contributed by atoms with Gasteiger partial charge in [-0.15, -0.1) is 10.2 Å². The summed E-state index contributed by atoms with van der Waals surface area (Å²) in [6.45, 7) is 3.98. The highest BCUT2D eigenvalue weighted by Crippen LogP contribution is 2.21. The Bertz CT molecular complexity index is 875. The van der Waals surface area contributed by atoms with Gasteiger partial charge >= 0.3 is 0 Å². The second-order valence-corrected chi connectivity index (χ2v) is 5.91. The number of hydrogen-bond acceptors (Lipinski definition) is 5. The number of rotatable bonds is 6. The summed E-state index contributed by atoms with van der Waals surface area (Å²) < 4.78 is 20.3. The molecule has 0 fully saturated rings. The third-order valence-electron chi connectivity index (χ3n) is 3.58. The average Bonchev–Trinajstić information content (AvgIpc) is 3.07. The summed E-state index contributed by atoms with van der Waals surface area (Å²) in [4.78, 5) is 16.3. The molecule has 0 radical (unpaired) electrons. The molecule has 7 nitrogen and oxygen atoms in total. The minimum Gasteiger partial charge on any atom is -0.456 e. The molecule has 1 aromatic carbocycles. The van der Waals surface area contributed by atoms with Crippen molar-refractivity contribution in [3.8, 4) is 11.5 Å². The van der Waals surface area contributed by atoms with Crippen molar-refractivity contribution >= 4 is 11.7 Å². The molecule has 0 aliphatic heterocycles. The van der Waals surface area contributed by atoms with Crippen molar-refractivity contribution in [1.29, 1.82) is 0 Å². The zero-order valence-corrected chi connectivity index (χ0v) is 14.4. The molecule has 0 unspecified atom stereocenters. The summed E-state index contributed by atoms with van der Waals surface area (Å²) in [7, 11) is 0. The molecule has 0 saturated carbocycles. The maximum Gasteiger partial charge on any atom is 0.233 e. The summed E-state index contributed by atoms with van der Waals surface area (Å²) in [5, 5.41) is 10.5. The number of carbonyl (C=O) groups excluding carboxylic acids is 1. The molecule has 3 aromatic rings. The van der Waals surface area contributed by atoms with E-state index < -0.39 is 0 Å². The van der Waals surface area contributed by atoms with Gasteiger partial charge in [0.2, 0.25) is 5.91 Å². The van der Waals surface area contributed by atoms with Crippen LogP contribution in [-0.4, -0.2) is 25.7 Å². The Hall–Kier alpha value is -3.29. The number of benzene rings is 1. The van der Waals surface area contributed by atoms with Crippen LogP contribution in [0.3, 0.4) is 0 Å². The predicted octanol–water partition coefficient (Wildman–Crippen LogP) is 3.37. The van der Waals surface area contributed by atoms with Crippen molar-refractivity contribution < 1.29 is 13.9 Å². The topological polar surface area (TPSA) is 81.9 Å². The fraction of sp³-hybridized carbons (Fsp3) is 0.222. The Labute approximate surface area is 149 Å². The van der Waals surface area contributed by atoms with Crippen LogP contribution in [0.5, 0.6) is 11.5 Å². The van der Waals surface area contributed by atoms with Crippen LogP contribution < -0.4 is 10.1 Å². The lowest BCUT2D eigenvalue weighted by Gasteiger charge is -2.10. The van der Waals surface area contributed by atoms with Crippen molar-refractivity contribution in [2.24, 2.45) is 0 Å². The van der Waals surface area contributed by atoms with E-state index in [0.717, 1.165) is 0 Å². The lowest BCUT2D eigenvalue weighted by atomic mass is 10.3. The van der Waals surface area contributed by atoms with Crippen LogP contribution in [0.15, 0.2) is 48.9 Å². The Morgan fingerprint density at radius 2 is 1.92 bits per heavy atom. The number of ether oxygens (including phenoxy) is 1. The van der Waals surface area contributed by atoms with E-state index in [0.29, 0.717) is 23.1 Å². The summed E-state index contributed by atoms with van der Waals surface area (Å²) >= 11 is 0. The minimum absolute atomic E-state index is 0.105. The van der Waals surface area contributed by atoms with Gasteiger partial charge in [0, 0.05) is 6.04 Å². The first-order chi connectivity index (χ1) is 12.5. The zero-order valence-electron chi connectivity index (χ0n) is 14.4. The van der Waals surface area contributed by atoms with Crippen molar-refractivity contribution in [2.45, 2.75) is 26.3 Å². The van der Waals surface area contributed by atoms with Crippen LogP contribution in [0.2, 0.25) is 0 Å². The van der Waals surface area contributed by atoms with Crippen molar-refractivity contribution in [2.75, 3.05) is 5.32 Å². The first-order valence-electron chi connectivity index (χ1n) is 8.09. The summed E-state index contributed by atoms with van der Waals surface area (Å²) in [5.41, 5.74) is 0. The number of aromatic nitrogens is 4. The Kier molecular flexibility index (Phi) is 5.21. The maximum atomic E-state index is 12.9. The van der Waals surface area contributed by atoms with Gasteiger partial charge in [-0.05, 0) is 50.2 Å². The van der Waals surface area contributed by atoms with Gasteiger partial charge < -0.3 is 14.6 Å². The van der Waals surface area contributed by atoms with Gasteiger partial charge in [-0.2, -0.15) is 0 Å². The van der Waals surface area contributed by atoms with E-state index in [2.05, 4.69) is 20.5 Å². The van der Waals surface area contributed by atoms with Crippen LogP contribution in [-0.2, 0) is 11.2 Å². The molecule has 0 bridgehead atoms. The van der Waals surface area contributed by atoms with Gasteiger partial charge in [-0.1, -0.05) is 0 Å². The third kappa shape index (κ3) is 4.41. The Morgan fingerprint density at radius 3 is 2.58 bits per heavy atom. The fourth-order valence-corrected chi connectivity index (χ4v) is 2.31. The summed E-state index contributed by atoms with van der Waals surface area (Å²) in [5.74, 6) is 1.40. The van der Waals surface area contributed by atoms with Crippen molar-refractivity contribution in [3.63, 3.8) is 0 Å². The van der Waals surface area contributed by atoms with E-state index >= 15 is 0 Å². The normalized spacial score (nSPS) is 10.8. The van der Waals surface area contributed by atoms with Crippen LogP contribution in [0.25, 0.3) is 0 Å². The van der Waals surface area contributed by atoms with Gasteiger partial charge in [-0.25, -0.2) is 9.37 Å². The van der Waals surface area contributed by atoms with E-state index in [1.54, 1.807) is 18.5 Å². The summed E-state index contributed by atoms with van der Waals surface area (Å²) in [6, 6.07) is 9.15. The number of anilines is 1. The number of nitrogens with one attached hydrogen (secondary N) is 1. The molecule has 0 atom stereocenters. The van der Waals surface area contributed by atoms with Crippen LogP contribution in [0, 0.1) is 5.82 Å². The van der Waals surface area contributed by atoms with Gasteiger partial charge in [0.15, 0.2) is 0 Å². The molecule has 134 valence electrons. The molecule has 2 heterocycles. The fourth-order valence-electron chi connectivity index (χ4n) is 2.31. The molecule has 3 rings (SSSR count). The SMILES string of the molecule is CC(C)n1cnnc1CC(=O)Nc1ccc(Oc2ccc(F)cc2)cn1. The molecule has 1 N–H and O–H groups in total. The molecule has 26 heavy (non-hydrogen) atoms. The van der Waals surface area contributed by atoms with Crippen LogP contribution in [0.4, 0.5) is 10.2 Å². The zero-order chi connectivity index (χ0) is 18.5. The summed E-state index contributed by atoms with van der Waals surface area (Å²) in [6.07, 6.45) is 3.19. The van der Waals surface area contributed by atoms with E-state index in [1.807, 2.05) is 18.4 Å². The highest BCUT2D eigenvalue weighted by molar-refractivity contribution is 5.90. The van der Waals surface area contributed by atoms with Crippen LogP contribution in [0.1, 0.15) is 25.7 Å². The lowest BCUT2D eigenvalue weighted by molar-refractivity contribution is -0.115. The standard InChI is InChI=1S/C18H18FN5O2/c1-12(2)24-11-21-23-17(24)9-18(25)22-16-8-7-15(10-20-16)26-14-5-3-13(19)4-6-14/h3-8,10-12H,9H2,1-2H3,(H,20,22,25). The number of halogens is 1. The van der Waals surface area contributed by atoms with E-state index in [4.69, 9.17) is 4.74 Å². The quantitative estimate of drug-likeness (QED) is 0.733. The Morgan fingerprint density at radius 1 is 1.19 bits per heavy atom. The minimum atomic E-state index is -0.332. The highest BCUT2D eigenvalue weighted by atomic mass is 19.1. The first kappa shape index (κ1) is 17.5. The number of hydrogen-bond donors (Lipinski definition) is 1. The average molecular weight is 355 g/mol. The molecule has 0 spiro atoms. The lowest BCUT2D eigenvalue weighted by Crippen LogP contribution is -2.18. The van der Waals surface area contributed by atoms with Gasteiger partial charge in [0.05, 0.1) is 12.6 Å². The molecular weight excluding hydrogens is 337 g/mol. The monoisotopic (exact) mass is 355 g/mol. The molecule has 2 aromatic heterocycles. The van der Waals surface area contributed by atoms with Gasteiger partial charge in [-0.3, -0.25) is 4.79 Å². The number of amides is 1. The van der Waals surface area contributed by atoms with Crippen molar-refractivity contribution in [1.82, 2.24) is 19.7 Å². The van der Waals surface area contributed by atoms with Gasteiger partial charge in [0.25, 0.3) is 0 Å². The van der Waals surface area contributed by atoms with E-state index in [9.17, 15) is 9.18 Å². The maximum absolute atomic E-state index is 12.9. The molecule has 1 amide bonds. The third-order valence-corrected chi connectivity index (χ3v) is 3.58. The van der Waals surface area contributed by atoms with Gasteiger partial charge in [0.1, 0.15) is 35.3 Å². The van der Waals surface area contributed by atoms with Crippen molar-refractivity contribution in [3.05, 3.63) is 60.6 Å². The molecule has 0 saturated heterocycles.